The molecule has 5 nitrogen and oxygen atoms in total. The Hall–Kier alpha value is -1.88. The highest BCUT2D eigenvalue weighted by Gasteiger charge is 2.16. The van der Waals surface area contributed by atoms with Crippen LogP contribution in [0.4, 0.5) is 5.69 Å². The topological polar surface area (TPSA) is 84.2 Å². The van der Waals surface area contributed by atoms with Gasteiger partial charge in [0.2, 0.25) is 11.8 Å². The van der Waals surface area contributed by atoms with Gasteiger partial charge in [-0.25, -0.2) is 0 Å². The predicted octanol–water partition coefficient (Wildman–Crippen LogP) is 1.24. The highest BCUT2D eigenvalue weighted by atomic mass is 16.2. The Kier molecular flexibility index (Phi) is 5.51. The maximum atomic E-state index is 11.7. The fourth-order valence-corrected chi connectivity index (χ4v) is 1.52. The molecule has 0 spiro atoms. The van der Waals surface area contributed by atoms with Crippen LogP contribution in [-0.4, -0.2) is 17.9 Å². The van der Waals surface area contributed by atoms with Crippen molar-refractivity contribution in [2.75, 3.05) is 5.32 Å². The van der Waals surface area contributed by atoms with Gasteiger partial charge in [-0.2, -0.15) is 0 Å². The van der Waals surface area contributed by atoms with Crippen LogP contribution in [0.5, 0.6) is 0 Å². The molecular formula is C14H21N3O2. The Morgan fingerprint density at radius 2 is 1.79 bits per heavy atom. The maximum Gasteiger partial charge on any atom is 0.237 e. The van der Waals surface area contributed by atoms with E-state index in [1.807, 2.05) is 26.0 Å². The second kappa shape index (κ2) is 6.89. The molecule has 0 fully saturated rings. The minimum Gasteiger partial charge on any atom is -0.351 e. The average Bonchev–Trinajstić information content (AvgIpc) is 2.35. The average molecular weight is 263 g/mol. The summed E-state index contributed by atoms with van der Waals surface area (Å²) >= 11 is 0. The number of rotatable bonds is 5. The van der Waals surface area contributed by atoms with Crippen LogP contribution < -0.4 is 16.4 Å². The first kappa shape index (κ1) is 15.2. The molecule has 0 heterocycles. The van der Waals surface area contributed by atoms with Gasteiger partial charge in [-0.15, -0.1) is 0 Å². The predicted molar refractivity (Wildman–Crippen MR) is 75.4 cm³/mol. The Bertz CT molecular complexity index is 441. The van der Waals surface area contributed by atoms with Crippen molar-refractivity contribution < 1.29 is 9.59 Å². The number of carbonyl (C=O) groups excluding carboxylic acids is 2. The number of anilines is 1. The van der Waals surface area contributed by atoms with E-state index < -0.39 is 6.04 Å². The van der Waals surface area contributed by atoms with Gasteiger partial charge in [0.05, 0.1) is 6.04 Å². The number of carbonyl (C=O) groups is 2. The summed E-state index contributed by atoms with van der Waals surface area (Å²) in [6.45, 7) is 5.71. The van der Waals surface area contributed by atoms with Crippen molar-refractivity contribution in [3.63, 3.8) is 0 Å². The molecule has 0 aliphatic carbocycles. The Labute approximate surface area is 113 Å². The smallest absolute Gasteiger partial charge is 0.237 e. The van der Waals surface area contributed by atoms with Crippen molar-refractivity contribution in [3.05, 3.63) is 29.8 Å². The lowest BCUT2D eigenvalue weighted by Gasteiger charge is -2.15. The van der Waals surface area contributed by atoms with Crippen LogP contribution in [0.1, 0.15) is 26.3 Å². The molecule has 5 heteroatoms. The summed E-state index contributed by atoms with van der Waals surface area (Å²) in [6.07, 6.45) is 0. The van der Waals surface area contributed by atoms with Crippen LogP contribution in [0.25, 0.3) is 0 Å². The molecule has 4 N–H and O–H groups in total. The third-order valence-corrected chi connectivity index (χ3v) is 2.76. The SMILES string of the molecule is CC(=O)Nc1ccc(CNC(=O)[C@H](N)C(C)C)cc1. The zero-order valence-corrected chi connectivity index (χ0v) is 11.6. The van der Waals surface area contributed by atoms with Gasteiger partial charge in [-0.1, -0.05) is 26.0 Å². The molecule has 1 rings (SSSR count). The van der Waals surface area contributed by atoms with Crippen molar-refractivity contribution in [3.8, 4) is 0 Å². The van der Waals surface area contributed by atoms with E-state index in [1.165, 1.54) is 6.92 Å². The summed E-state index contributed by atoms with van der Waals surface area (Å²) in [6, 6.07) is 6.81. The van der Waals surface area contributed by atoms with Gasteiger partial charge in [0, 0.05) is 19.2 Å². The minimum atomic E-state index is -0.487. The van der Waals surface area contributed by atoms with Gasteiger partial charge in [0.25, 0.3) is 0 Å². The molecule has 104 valence electrons. The van der Waals surface area contributed by atoms with Gasteiger partial charge >= 0.3 is 0 Å². The van der Waals surface area contributed by atoms with Crippen molar-refractivity contribution in [2.24, 2.45) is 11.7 Å². The van der Waals surface area contributed by atoms with Crippen molar-refractivity contribution in [1.29, 1.82) is 0 Å². The van der Waals surface area contributed by atoms with Crippen LogP contribution >= 0.6 is 0 Å². The van der Waals surface area contributed by atoms with Gasteiger partial charge in [-0.3, -0.25) is 9.59 Å². The van der Waals surface area contributed by atoms with Crippen LogP contribution in [0, 0.1) is 5.92 Å². The first-order valence-electron chi connectivity index (χ1n) is 6.30. The lowest BCUT2D eigenvalue weighted by Crippen LogP contribution is -2.43. The normalized spacial score (nSPS) is 12.1. The molecule has 0 radical (unpaired) electrons. The van der Waals surface area contributed by atoms with Crippen molar-refractivity contribution in [1.82, 2.24) is 5.32 Å². The Morgan fingerprint density at radius 1 is 1.21 bits per heavy atom. The molecule has 1 aromatic carbocycles. The number of nitrogens with two attached hydrogens (primary N) is 1. The third-order valence-electron chi connectivity index (χ3n) is 2.76. The van der Waals surface area contributed by atoms with E-state index >= 15 is 0 Å². The van der Waals surface area contributed by atoms with Crippen molar-refractivity contribution >= 4 is 17.5 Å². The van der Waals surface area contributed by atoms with Crippen LogP contribution in [-0.2, 0) is 16.1 Å². The lowest BCUT2D eigenvalue weighted by atomic mass is 10.0. The van der Waals surface area contributed by atoms with Crippen LogP contribution in [0.15, 0.2) is 24.3 Å². The zero-order chi connectivity index (χ0) is 14.4. The second-order valence-corrected chi connectivity index (χ2v) is 4.87. The fraction of sp³-hybridized carbons (Fsp3) is 0.429. The number of hydrogen-bond acceptors (Lipinski definition) is 3. The molecule has 2 amide bonds. The van der Waals surface area contributed by atoms with Gasteiger partial charge in [0.1, 0.15) is 0 Å². The largest absolute Gasteiger partial charge is 0.351 e. The number of hydrogen-bond donors (Lipinski definition) is 3. The second-order valence-electron chi connectivity index (χ2n) is 4.87. The molecule has 0 saturated heterocycles. The summed E-state index contributed by atoms with van der Waals surface area (Å²) in [4.78, 5) is 22.5. The summed E-state index contributed by atoms with van der Waals surface area (Å²) in [7, 11) is 0. The number of nitrogens with one attached hydrogen (secondary N) is 2. The Morgan fingerprint density at radius 3 is 2.26 bits per heavy atom. The van der Waals surface area contributed by atoms with E-state index in [4.69, 9.17) is 5.73 Å². The maximum absolute atomic E-state index is 11.7. The molecular weight excluding hydrogens is 242 g/mol. The highest BCUT2D eigenvalue weighted by Crippen LogP contribution is 2.09. The van der Waals surface area contributed by atoms with E-state index in [9.17, 15) is 9.59 Å². The van der Waals surface area contributed by atoms with Gasteiger partial charge < -0.3 is 16.4 Å². The number of amides is 2. The third kappa shape index (κ3) is 5.09. The molecule has 0 unspecified atom stereocenters. The molecule has 0 aliphatic heterocycles. The van der Waals surface area contributed by atoms with E-state index in [0.717, 1.165) is 11.3 Å². The standard InChI is InChI=1S/C14H21N3O2/c1-9(2)13(15)14(19)16-8-11-4-6-12(7-5-11)17-10(3)18/h4-7,9,13H,8,15H2,1-3H3,(H,16,19)(H,17,18)/t13-/m1/s1. The first-order valence-corrected chi connectivity index (χ1v) is 6.30. The molecule has 0 bridgehead atoms. The summed E-state index contributed by atoms with van der Waals surface area (Å²) in [5.41, 5.74) is 7.44. The molecule has 1 aromatic rings. The number of benzene rings is 1. The summed E-state index contributed by atoms with van der Waals surface area (Å²) in [5.74, 6) is -0.146. The van der Waals surface area contributed by atoms with Crippen molar-refractivity contribution in [2.45, 2.75) is 33.4 Å². The van der Waals surface area contributed by atoms with E-state index in [1.54, 1.807) is 12.1 Å². The molecule has 1 atom stereocenters. The monoisotopic (exact) mass is 263 g/mol. The van der Waals surface area contributed by atoms with E-state index in [-0.39, 0.29) is 17.7 Å². The molecule has 0 saturated carbocycles. The molecule has 0 aromatic heterocycles. The van der Waals surface area contributed by atoms with Crippen LogP contribution in [0.3, 0.4) is 0 Å². The van der Waals surface area contributed by atoms with E-state index in [0.29, 0.717) is 6.54 Å². The molecule has 19 heavy (non-hydrogen) atoms. The summed E-state index contributed by atoms with van der Waals surface area (Å²) in [5, 5.41) is 5.47. The van der Waals surface area contributed by atoms with Gasteiger partial charge in [-0.05, 0) is 23.6 Å². The van der Waals surface area contributed by atoms with E-state index in [2.05, 4.69) is 10.6 Å². The minimum absolute atomic E-state index is 0.107. The Balaban J connectivity index is 2.50. The quantitative estimate of drug-likeness (QED) is 0.747. The van der Waals surface area contributed by atoms with Gasteiger partial charge in [0.15, 0.2) is 0 Å². The summed E-state index contributed by atoms with van der Waals surface area (Å²) < 4.78 is 0. The lowest BCUT2D eigenvalue weighted by molar-refractivity contribution is -0.123. The first-order chi connectivity index (χ1) is 8.90. The zero-order valence-electron chi connectivity index (χ0n) is 11.6. The highest BCUT2D eigenvalue weighted by molar-refractivity contribution is 5.88. The fourth-order valence-electron chi connectivity index (χ4n) is 1.52. The molecule has 0 aliphatic rings. The van der Waals surface area contributed by atoms with Crippen LogP contribution in [0.2, 0.25) is 0 Å².